The number of aliphatic imine (C=N–C) groups is 1. The molecule has 0 aliphatic heterocycles. The quantitative estimate of drug-likeness (QED) is 0.431. The fraction of sp³-hybridized carbons (Fsp3) is 0.421. The van der Waals surface area contributed by atoms with E-state index in [1.54, 1.807) is 11.8 Å². The Morgan fingerprint density at radius 3 is 2.46 bits per heavy atom. The molecule has 1 aromatic rings. The molecule has 0 radical (unpaired) electrons. The molecule has 0 fully saturated rings. The lowest BCUT2D eigenvalue weighted by Gasteiger charge is -2.17. The van der Waals surface area contributed by atoms with E-state index in [9.17, 15) is 0 Å². The van der Waals surface area contributed by atoms with Crippen molar-refractivity contribution in [2.45, 2.75) is 52.4 Å². The molecule has 0 saturated heterocycles. The van der Waals surface area contributed by atoms with Crippen LogP contribution in [0.25, 0.3) is 0 Å². The van der Waals surface area contributed by atoms with Crippen LogP contribution in [-0.2, 0) is 0 Å². The van der Waals surface area contributed by atoms with Crippen LogP contribution in [-0.4, -0.2) is 5.96 Å². The molecular formula is C19H28ClN3S. The van der Waals surface area contributed by atoms with E-state index >= 15 is 0 Å². The van der Waals surface area contributed by atoms with E-state index < -0.39 is 0 Å². The minimum absolute atomic E-state index is 0.0452. The maximum absolute atomic E-state index is 5.98. The van der Waals surface area contributed by atoms with Gasteiger partial charge in [-0.15, -0.1) is 0 Å². The number of guanidine groups is 1. The lowest BCUT2D eigenvalue weighted by atomic mass is 9.96. The van der Waals surface area contributed by atoms with Crippen molar-refractivity contribution < 1.29 is 0 Å². The summed E-state index contributed by atoms with van der Waals surface area (Å²) in [5.41, 5.74) is 13.6. The highest BCUT2D eigenvalue weighted by atomic mass is 35.5. The molecule has 1 unspecified atom stereocenters. The van der Waals surface area contributed by atoms with Gasteiger partial charge in [-0.2, -0.15) is 0 Å². The number of halogens is 1. The average molecular weight is 366 g/mol. The Hall–Kier alpha value is -1.39. The molecular weight excluding hydrogens is 338 g/mol. The minimum atomic E-state index is 0.0452. The largest absolute Gasteiger partial charge is 0.370 e. The van der Waals surface area contributed by atoms with E-state index in [4.69, 9.17) is 23.1 Å². The van der Waals surface area contributed by atoms with Crippen LogP contribution < -0.4 is 11.5 Å². The Kier molecular flexibility index (Phi) is 9.01. The van der Waals surface area contributed by atoms with Crippen molar-refractivity contribution in [2.24, 2.45) is 16.5 Å². The molecule has 0 saturated carbocycles. The number of allylic oxidation sites excluding steroid dienone is 2. The molecule has 4 N–H and O–H groups in total. The Morgan fingerprint density at radius 2 is 1.92 bits per heavy atom. The number of hydrogen-bond acceptors (Lipinski definition) is 2. The molecule has 0 spiro atoms. The standard InChI is InChI=1S/C19H28ClN3S/c1-5-6-7-13(2)18(24-15(4)23-19(21)22)12-14(3)16-8-10-17(20)11-9-16/h8-11,14H,4-7,12H2,1-3H3,(H4,21,22,23)/b18-13+. The Bertz CT molecular complexity index is 602. The van der Waals surface area contributed by atoms with Crippen LogP contribution in [0.1, 0.15) is 57.9 Å². The van der Waals surface area contributed by atoms with Crippen molar-refractivity contribution in [3.8, 4) is 0 Å². The van der Waals surface area contributed by atoms with Gasteiger partial charge in [0.25, 0.3) is 0 Å². The van der Waals surface area contributed by atoms with Crippen molar-refractivity contribution in [3.63, 3.8) is 0 Å². The second kappa shape index (κ2) is 10.5. The molecule has 0 aliphatic rings. The van der Waals surface area contributed by atoms with E-state index in [0.29, 0.717) is 10.9 Å². The zero-order valence-electron chi connectivity index (χ0n) is 14.8. The van der Waals surface area contributed by atoms with Crippen LogP contribution in [0.2, 0.25) is 5.02 Å². The number of hydrogen-bond donors (Lipinski definition) is 2. The summed E-state index contributed by atoms with van der Waals surface area (Å²) in [6, 6.07) is 8.04. The van der Waals surface area contributed by atoms with Gasteiger partial charge in [-0.3, -0.25) is 0 Å². The molecule has 0 aliphatic carbocycles. The lowest BCUT2D eigenvalue weighted by molar-refractivity contribution is 0.745. The highest BCUT2D eigenvalue weighted by molar-refractivity contribution is 8.06. The highest BCUT2D eigenvalue weighted by Gasteiger charge is 2.13. The Balaban J connectivity index is 2.93. The Morgan fingerprint density at radius 1 is 1.29 bits per heavy atom. The van der Waals surface area contributed by atoms with Gasteiger partial charge < -0.3 is 11.5 Å². The smallest absolute Gasteiger partial charge is 0.191 e. The summed E-state index contributed by atoms with van der Waals surface area (Å²) in [7, 11) is 0. The van der Waals surface area contributed by atoms with Gasteiger partial charge in [0.2, 0.25) is 0 Å². The number of thioether (sulfide) groups is 1. The summed E-state index contributed by atoms with van der Waals surface area (Å²) in [6.07, 6.45) is 4.37. The van der Waals surface area contributed by atoms with Crippen LogP contribution in [0.15, 0.2) is 51.3 Å². The molecule has 0 heterocycles. The molecule has 132 valence electrons. The number of nitrogens with two attached hydrogens (primary N) is 2. The van der Waals surface area contributed by atoms with Gasteiger partial charge in [-0.1, -0.05) is 67.9 Å². The molecule has 0 bridgehead atoms. The number of unbranched alkanes of at least 4 members (excludes halogenated alkanes) is 1. The summed E-state index contributed by atoms with van der Waals surface area (Å²) < 4.78 is 0. The van der Waals surface area contributed by atoms with Crippen LogP contribution in [0.3, 0.4) is 0 Å². The van der Waals surface area contributed by atoms with Crippen LogP contribution >= 0.6 is 23.4 Å². The molecule has 24 heavy (non-hydrogen) atoms. The molecule has 3 nitrogen and oxygen atoms in total. The van der Waals surface area contributed by atoms with E-state index in [2.05, 4.69) is 44.5 Å². The van der Waals surface area contributed by atoms with Gasteiger partial charge in [-0.25, -0.2) is 4.99 Å². The summed E-state index contributed by atoms with van der Waals surface area (Å²) >= 11 is 7.55. The third kappa shape index (κ3) is 7.45. The summed E-state index contributed by atoms with van der Waals surface area (Å²) in [6.45, 7) is 10.6. The Labute approximate surface area is 155 Å². The fourth-order valence-electron chi connectivity index (χ4n) is 2.38. The highest BCUT2D eigenvalue weighted by Crippen LogP contribution is 2.37. The topological polar surface area (TPSA) is 64.4 Å². The first kappa shape index (κ1) is 20.7. The van der Waals surface area contributed by atoms with Crippen molar-refractivity contribution in [2.75, 3.05) is 0 Å². The van der Waals surface area contributed by atoms with Gasteiger partial charge in [0.1, 0.15) is 0 Å². The van der Waals surface area contributed by atoms with Gasteiger partial charge in [0.15, 0.2) is 5.96 Å². The molecule has 5 heteroatoms. The monoisotopic (exact) mass is 365 g/mol. The van der Waals surface area contributed by atoms with Gasteiger partial charge in [0, 0.05) is 5.02 Å². The predicted octanol–water partition coefficient (Wildman–Crippen LogP) is 5.78. The zero-order chi connectivity index (χ0) is 18.1. The van der Waals surface area contributed by atoms with E-state index in [-0.39, 0.29) is 5.96 Å². The summed E-state index contributed by atoms with van der Waals surface area (Å²) in [5, 5.41) is 1.39. The number of benzene rings is 1. The maximum atomic E-state index is 5.98. The van der Waals surface area contributed by atoms with Crippen LogP contribution in [0.4, 0.5) is 0 Å². The maximum Gasteiger partial charge on any atom is 0.191 e. The molecule has 0 aromatic heterocycles. The minimum Gasteiger partial charge on any atom is -0.370 e. The lowest BCUT2D eigenvalue weighted by Crippen LogP contribution is -2.22. The fourth-order valence-corrected chi connectivity index (χ4v) is 3.55. The number of nitrogens with zero attached hydrogens (tertiary/aromatic N) is 1. The van der Waals surface area contributed by atoms with Crippen molar-refractivity contribution >= 4 is 29.3 Å². The second-order valence-electron chi connectivity index (χ2n) is 6.00. The molecule has 1 rings (SSSR count). The van der Waals surface area contributed by atoms with E-state index in [1.807, 2.05) is 12.1 Å². The molecule has 1 aromatic carbocycles. The molecule has 0 amide bonds. The predicted molar refractivity (Wildman–Crippen MR) is 109 cm³/mol. The van der Waals surface area contributed by atoms with Crippen molar-refractivity contribution in [1.29, 1.82) is 0 Å². The van der Waals surface area contributed by atoms with E-state index in [0.717, 1.165) is 17.9 Å². The average Bonchev–Trinajstić information content (AvgIpc) is 2.51. The SMILES string of the molecule is C=C(N=C(N)N)S/C(CC(C)c1ccc(Cl)cc1)=C(\C)CCCC. The third-order valence-corrected chi connectivity index (χ3v) is 5.15. The van der Waals surface area contributed by atoms with Crippen molar-refractivity contribution in [3.05, 3.63) is 56.9 Å². The van der Waals surface area contributed by atoms with Crippen molar-refractivity contribution in [1.82, 2.24) is 0 Å². The number of rotatable bonds is 9. The first-order chi connectivity index (χ1) is 11.3. The van der Waals surface area contributed by atoms with Crippen LogP contribution in [0, 0.1) is 0 Å². The summed E-state index contributed by atoms with van der Waals surface area (Å²) in [4.78, 5) is 5.35. The van der Waals surface area contributed by atoms with Gasteiger partial charge in [0.05, 0.1) is 5.03 Å². The van der Waals surface area contributed by atoms with E-state index in [1.165, 1.54) is 28.9 Å². The van der Waals surface area contributed by atoms with Gasteiger partial charge in [-0.05, 0) is 54.7 Å². The summed E-state index contributed by atoms with van der Waals surface area (Å²) in [5.74, 6) is 0.428. The zero-order valence-corrected chi connectivity index (χ0v) is 16.4. The first-order valence-electron chi connectivity index (χ1n) is 8.24. The molecule has 1 atom stereocenters. The second-order valence-corrected chi connectivity index (χ2v) is 7.60. The van der Waals surface area contributed by atoms with Gasteiger partial charge >= 0.3 is 0 Å². The first-order valence-corrected chi connectivity index (χ1v) is 9.43. The normalized spacial score (nSPS) is 13.2. The third-order valence-electron chi connectivity index (χ3n) is 3.81. The van der Waals surface area contributed by atoms with Crippen LogP contribution in [0.5, 0.6) is 0 Å².